The molecule has 28 heavy (non-hydrogen) atoms. The number of nitrogens with zero attached hydrogens (tertiary/aromatic N) is 2. The van der Waals surface area contributed by atoms with E-state index in [4.69, 9.17) is 9.47 Å². The maximum absolute atomic E-state index is 13.1. The Morgan fingerprint density at radius 1 is 1.18 bits per heavy atom. The van der Waals surface area contributed by atoms with Crippen molar-refractivity contribution in [2.75, 3.05) is 7.11 Å². The molecule has 5 nitrogen and oxygen atoms in total. The molecule has 0 amide bonds. The zero-order valence-corrected chi connectivity index (χ0v) is 16.2. The third-order valence-electron chi connectivity index (χ3n) is 5.32. The molecule has 0 N–H and O–H groups in total. The van der Waals surface area contributed by atoms with Crippen LogP contribution < -0.4 is 4.74 Å². The summed E-state index contributed by atoms with van der Waals surface area (Å²) in [5.74, 6) is 1.48. The Labute approximate surface area is 164 Å². The second-order valence-corrected chi connectivity index (χ2v) is 8.01. The second-order valence-electron chi connectivity index (χ2n) is 8.01. The molecule has 0 spiro atoms. The Hall–Kier alpha value is -3.26. The molecule has 2 aromatic rings. The first-order chi connectivity index (χ1) is 13.4. The van der Waals surface area contributed by atoms with Gasteiger partial charge in [-0.05, 0) is 35.2 Å². The average molecular weight is 374 g/mol. The van der Waals surface area contributed by atoms with Crippen molar-refractivity contribution in [3.8, 4) is 11.8 Å². The van der Waals surface area contributed by atoms with Crippen molar-refractivity contribution >= 4 is 11.7 Å². The summed E-state index contributed by atoms with van der Waals surface area (Å²) in [6.07, 6.45) is 4.79. The fourth-order valence-corrected chi connectivity index (χ4v) is 4.03. The van der Waals surface area contributed by atoms with Crippen LogP contribution in [0.4, 0.5) is 0 Å². The molecule has 0 saturated heterocycles. The number of Topliss-reactive ketones (excluding diaryl/α,β-unsaturated/α-hetero) is 1. The predicted molar refractivity (Wildman–Crippen MR) is 105 cm³/mol. The van der Waals surface area contributed by atoms with E-state index in [1.165, 1.54) is 0 Å². The zero-order valence-electron chi connectivity index (χ0n) is 16.2. The summed E-state index contributed by atoms with van der Waals surface area (Å²) in [5.41, 5.74) is 1.75. The molecule has 1 aromatic carbocycles. The number of nitriles is 1. The van der Waals surface area contributed by atoms with Crippen molar-refractivity contribution in [1.82, 2.24) is 4.57 Å². The van der Waals surface area contributed by atoms with Crippen molar-refractivity contribution in [3.63, 3.8) is 0 Å². The number of carbonyl (C=O) groups excluding carboxylic acids is 1. The number of methoxy groups -OCH3 is 1. The molecule has 1 aliphatic heterocycles. The van der Waals surface area contributed by atoms with Gasteiger partial charge >= 0.3 is 0 Å². The van der Waals surface area contributed by atoms with Gasteiger partial charge in [0.25, 0.3) is 0 Å². The monoisotopic (exact) mass is 374 g/mol. The van der Waals surface area contributed by atoms with Crippen LogP contribution in [0.15, 0.2) is 65.7 Å². The lowest BCUT2D eigenvalue weighted by atomic mass is 9.70. The van der Waals surface area contributed by atoms with Crippen LogP contribution in [0.2, 0.25) is 0 Å². The lowest BCUT2D eigenvalue weighted by Crippen LogP contribution is -2.32. The van der Waals surface area contributed by atoms with Gasteiger partial charge in [-0.1, -0.05) is 26.0 Å². The first-order valence-electron chi connectivity index (χ1n) is 9.29. The first kappa shape index (κ1) is 18.1. The summed E-state index contributed by atoms with van der Waals surface area (Å²) in [7, 11) is 1.61. The summed E-state index contributed by atoms with van der Waals surface area (Å²) in [6, 6.07) is 13.6. The number of aromatic nitrogens is 1. The number of benzene rings is 1. The van der Waals surface area contributed by atoms with Crippen LogP contribution in [0.5, 0.6) is 5.75 Å². The van der Waals surface area contributed by atoms with Gasteiger partial charge in [0, 0.05) is 30.8 Å². The van der Waals surface area contributed by atoms with Crippen molar-refractivity contribution < 1.29 is 14.3 Å². The van der Waals surface area contributed by atoms with Crippen molar-refractivity contribution in [2.45, 2.75) is 32.6 Å². The normalized spacial score (nSPS) is 21.1. The maximum Gasteiger partial charge on any atom is 0.218 e. The number of hydrogen-bond donors (Lipinski definition) is 0. The SMILES string of the molecule is COc1ccc(C2C(C#N)=C(n3cccc3)OC3=C2C(=O)CC(C)(C)C3)cc1. The van der Waals surface area contributed by atoms with E-state index in [9.17, 15) is 10.1 Å². The summed E-state index contributed by atoms with van der Waals surface area (Å²) >= 11 is 0. The van der Waals surface area contributed by atoms with Crippen molar-refractivity contribution in [1.29, 1.82) is 5.26 Å². The minimum Gasteiger partial charge on any atom is -0.497 e. The van der Waals surface area contributed by atoms with E-state index in [0.29, 0.717) is 35.6 Å². The van der Waals surface area contributed by atoms with Gasteiger partial charge in [-0.3, -0.25) is 9.36 Å². The Morgan fingerprint density at radius 3 is 2.46 bits per heavy atom. The highest BCUT2D eigenvalue weighted by atomic mass is 16.5. The molecule has 4 rings (SSSR count). The van der Waals surface area contributed by atoms with Crippen LogP contribution in [0.1, 0.15) is 38.2 Å². The Balaban J connectivity index is 1.92. The number of ether oxygens (including phenoxy) is 2. The molecule has 0 bridgehead atoms. The predicted octanol–water partition coefficient (Wildman–Crippen LogP) is 4.65. The number of hydrogen-bond acceptors (Lipinski definition) is 4. The fraction of sp³-hybridized carbons (Fsp3) is 0.304. The molecule has 1 aliphatic carbocycles. The molecule has 1 unspecified atom stereocenters. The Kier molecular flexibility index (Phi) is 4.35. The minimum absolute atomic E-state index is 0.0476. The van der Waals surface area contributed by atoms with E-state index < -0.39 is 5.92 Å². The lowest BCUT2D eigenvalue weighted by molar-refractivity contribution is -0.118. The molecule has 0 fully saturated rings. The molecule has 0 saturated carbocycles. The van der Waals surface area contributed by atoms with Gasteiger partial charge < -0.3 is 9.47 Å². The van der Waals surface area contributed by atoms with Gasteiger partial charge in [-0.25, -0.2) is 0 Å². The molecule has 1 aromatic heterocycles. The van der Waals surface area contributed by atoms with Gasteiger partial charge in [0.05, 0.1) is 13.0 Å². The van der Waals surface area contributed by atoms with Gasteiger partial charge in [0.15, 0.2) is 5.78 Å². The quantitative estimate of drug-likeness (QED) is 0.785. The third-order valence-corrected chi connectivity index (χ3v) is 5.32. The molecule has 5 heteroatoms. The highest BCUT2D eigenvalue weighted by molar-refractivity contribution is 6.00. The van der Waals surface area contributed by atoms with Gasteiger partial charge in [-0.2, -0.15) is 5.26 Å². The molecule has 0 radical (unpaired) electrons. The Bertz CT molecular complexity index is 1020. The van der Waals surface area contributed by atoms with E-state index in [-0.39, 0.29) is 11.2 Å². The maximum atomic E-state index is 13.1. The third kappa shape index (κ3) is 3.01. The zero-order chi connectivity index (χ0) is 19.9. The highest BCUT2D eigenvalue weighted by Crippen LogP contribution is 2.49. The van der Waals surface area contributed by atoms with Crippen LogP contribution in [-0.4, -0.2) is 17.5 Å². The van der Waals surface area contributed by atoms with E-state index in [2.05, 4.69) is 19.9 Å². The standard InChI is InChI=1S/C23H22N2O3/c1-23(2)12-18(26)21-19(13-23)28-22(25-10-4-5-11-25)17(14-24)20(21)15-6-8-16(27-3)9-7-15/h4-11,20H,12-13H2,1-3H3. The molecular weight excluding hydrogens is 352 g/mol. The summed E-state index contributed by atoms with van der Waals surface area (Å²) in [5, 5.41) is 10.0. The molecular formula is C23H22N2O3. The average Bonchev–Trinajstić information content (AvgIpc) is 3.20. The van der Waals surface area contributed by atoms with Crippen LogP contribution in [0.3, 0.4) is 0 Å². The summed E-state index contributed by atoms with van der Waals surface area (Å²) in [6.45, 7) is 4.14. The number of ketones is 1. The van der Waals surface area contributed by atoms with Gasteiger partial charge in [0.1, 0.15) is 23.2 Å². The first-order valence-corrected chi connectivity index (χ1v) is 9.29. The minimum atomic E-state index is -0.444. The van der Waals surface area contributed by atoms with Crippen molar-refractivity contribution in [2.24, 2.45) is 5.41 Å². The van der Waals surface area contributed by atoms with E-state index in [1.807, 2.05) is 48.8 Å². The smallest absolute Gasteiger partial charge is 0.218 e. The van der Waals surface area contributed by atoms with Crippen LogP contribution in [0, 0.1) is 16.7 Å². The highest BCUT2D eigenvalue weighted by Gasteiger charge is 2.43. The van der Waals surface area contributed by atoms with Crippen LogP contribution in [0.25, 0.3) is 5.88 Å². The summed E-state index contributed by atoms with van der Waals surface area (Å²) in [4.78, 5) is 13.1. The van der Waals surface area contributed by atoms with E-state index >= 15 is 0 Å². The number of rotatable bonds is 3. The second kappa shape index (κ2) is 6.72. The molecule has 1 atom stereocenters. The van der Waals surface area contributed by atoms with E-state index in [0.717, 1.165) is 11.3 Å². The fourth-order valence-electron chi connectivity index (χ4n) is 4.03. The number of allylic oxidation sites excluding steroid dienone is 3. The molecule has 2 heterocycles. The molecule has 142 valence electrons. The molecule has 2 aliphatic rings. The van der Waals surface area contributed by atoms with Crippen LogP contribution >= 0.6 is 0 Å². The lowest BCUT2D eigenvalue weighted by Gasteiger charge is -2.38. The van der Waals surface area contributed by atoms with Gasteiger partial charge in [0.2, 0.25) is 5.88 Å². The summed E-state index contributed by atoms with van der Waals surface area (Å²) < 4.78 is 13.3. The largest absolute Gasteiger partial charge is 0.497 e. The van der Waals surface area contributed by atoms with Gasteiger partial charge in [-0.15, -0.1) is 0 Å². The van der Waals surface area contributed by atoms with Crippen molar-refractivity contribution in [3.05, 3.63) is 71.3 Å². The Morgan fingerprint density at radius 2 is 1.86 bits per heavy atom. The topological polar surface area (TPSA) is 64.2 Å². The van der Waals surface area contributed by atoms with E-state index in [1.54, 1.807) is 11.7 Å². The number of carbonyl (C=O) groups is 1. The van der Waals surface area contributed by atoms with Crippen LogP contribution in [-0.2, 0) is 9.53 Å².